The number of methoxy groups -OCH3 is 1. The van der Waals surface area contributed by atoms with E-state index in [-0.39, 0.29) is 11.6 Å². The number of benzene rings is 1. The van der Waals surface area contributed by atoms with Gasteiger partial charge in [-0.05, 0) is 51.0 Å². The summed E-state index contributed by atoms with van der Waals surface area (Å²) in [6, 6.07) is 7.79. The smallest absolute Gasteiger partial charge is 0.337 e. The molecule has 1 atom stereocenters. The van der Waals surface area contributed by atoms with Crippen LogP contribution in [-0.4, -0.2) is 31.3 Å². The van der Waals surface area contributed by atoms with Crippen LogP contribution in [0.3, 0.4) is 0 Å². The minimum absolute atomic E-state index is 0.0676. The molecule has 1 aromatic carbocycles. The van der Waals surface area contributed by atoms with Crippen molar-refractivity contribution in [1.82, 2.24) is 0 Å². The van der Waals surface area contributed by atoms with Gasteiger partial charge in [0.1, 0.15) is 0 Å². The minimum atomic E-state index is -0.307. The van der Waals surface area contributed by atoms with Gasteiger partial charge in [0, 0.05) is 18.3 Å². The topological polar surface area (TPSA) is 47.6 Å². The van der Waals surface area contributed by atoms with Crippen LogP contribution >= 0.6 is 0 Å². The van der Waals surface area contributed by atoms with E-state index in [0.717, 1.165) is 25.1 Å². The van der Waals surface area contributed by atoms with Crippen molar-refractivity contribution in [3.05, 3.63) is 29.8 Å². The Morgan fingerprint density at radius 2 is 2.05 bits per heavy atom. The average Bonchev–Trinajstić information content (AvgIpc) is 2.37. The third-order valence-corrected chi connectivity index (χ3v) is 3.37. The standard InChI is InChI=1S/C15H21NO3/c1-15(2)10-13(8-9-19-15)16-12-6-4-11(5-7-12)14(17)18-3/h4-7,13,16H,8-10H2,1-3H3. The molecule has 0 aromatic heterocycles. The molecule has 1 N–H and O–H groups in total. The zero-order valence-electron chi connectivity index (χ0n) is 11.7. The molecular formula is C15H21NO3. The van der Waals surface area contributed by atoms with E-state index in [2.05, 4.69) is 23.9 Å². The Bertz CT molecular complexity index is 439. The number of rotatable bonds is 3. The first-order chi connectivity index (χ1) is 9.00. The van der Waals surface area contributed by atoms with Crippen molar-refractivity contribution in [3.63, 3.8) is 0 Å². The molecule has 1 heterocycles. The van der Waals surface area contributed by atoms with Gasteiger partial charge in [-0.3, -0.25) is 0 Å². The van der Waals surface area contributed by atoms with Crippen molar-refractivity contribution in [2.24, 2.45) is 0 Å². The summed E-state index contributed by atoms with van der Waals surface area (Å²) in [4.78, 5) is 11.3. The van der Waals surface area contributed by atoms with E-state index in [9.17, 15) is 4.79 Å². The van der Waals surface area contributed by atoms with Crippen LogP contribution in [-0.2, 0) is 9.47 Å². The van der Waals surface area contributed by atoms with Crippen LogP contribution in [0.2, 0.25) is 0 Å². The van der Waals surface area contributed by atoms with E-state index >= 15 is 0 Å². The molecular weight excluding hydrogens is 242 g/mol. The lowest BCUT2D eigenvalue weighted by Gasteiger charge is -2.36. The van der Waals surface area contributed by atoms with E-state index in [1.54, 1.807) is 12.1 Å². The van der Waals surface area contributed by atoms with Crippen LogP contribution in [0.4, 0.5) is 5.69 Å². The van der Waals surface area contributed by atoms with Gasteiger partial charge in [-0.2, -0.15) is 0 Å². The highest BCUT2D eigenvalue weighted by atomic mass is 16.5. The molecule has 1 aliphatic rings. The molecule has 1 unspecified atom stereocenters. The van der Waals surface area contributed by atoms with Crippen molar-refractivity contribution in [1.29, 1.82) is 0 Å². The van der Waals surface area contributed by atoms with Crippen LogP contribution < -0.4 is 5.32 Å². The van der Waals surface area contributed by atoms with Gasteiger partial charge in [-0.25, -0.2) is 4.79 Å². The maximum absolute atomic E-state index is 11.3. The van der Waals surface area contributed by atoms with Gasteiger partial charge in [0.2, 0.25) is 0 Å². The normalized spacial score (nSPS) is 21.7. The highest BCUT2D eigenvalue weighted by molar-refractivity contribution is 5.89. The van der Waals surface area contributed by atoms with Gasteiger partial charge in [0.25, 0.3) is 0 Å². The number of ether oxygens (including phenoxy) is 2. The van der Waals surface area contributed by atoms with Gasteiger partial charge in [-0.15, -0.1) is 0 Å². The maximum atomic E-state index is 11.3. The van der Waals surface area contributed by atoms with Gasteiger partial charge < -0.3 is 14.8 Å². The van der Waals surface area contributed by atoms with E-state index < -0.39 is 0 Å². The molecule has 104 valence electrons. The summed E-state index contributed by atoms with van der Waals surface area (Å²) in [6.07, 6.45) is 1.98. The number of carbonyl (C=O) groups excluding carboxylic acids is 1. The van der Waals surface area contributed by atoms with Gasteiger partial charge >= 0.3 is 5.97 Å². The Hall–Kier alpha value is -1.55. The molecule has 1 aliphatic heterocycles. The fourth-order valence-electron chi connectivity index (χ4n) is 2.41. The molecule has 0 bridgehead atoms. The molecule has 0 aliphatic carbocycles. The summed E-state index contributed by atoms with van der Waals surface area (Å²) in [6.45, 7) is 5.01. The third-order valence-electron chi connectivity index (χ3n) is 3.37. The number of carbonyl (C=O) groups is 1. The quantitative estimate of drug-likeness (QED) is 0.852. The Morgan fingerprint density at radius 3 is 2.63 bits per heavy atom. The largest absolute Gasteiger partial charge is 0.465 e. The molecule has 4 nitrogen and oxygen atoms in total. The summed E-state index contributed by atoms with van der Waals surface area (Å²) >= 11 is 0. The van der Waals surface area contributed by atoms with E-state index in [1.165, 1.54) is 7.11 Å². The average molecular weight is 263 g/mol. The molecule has 1 fully saturated rings. The molecule has 2 rings (SSSR count). The van der Waals surface area contributed by atoms with E-state index in [4.69, 9.17) is 4.74 Å². The zero-order chi connectivity index (χ0) is 13.9. The Kier molecular flexibility index (Phi) is 4.10. The van der Waals surface area contributed by atoms with Crippen molar-refractivity contribution in [3.8, 4) is 0 Å². The first-order valence-corrected chi connectivity index (χ1v) is 6.59. The number of hydrogen-bond donors (Lipinski definition) is 1. The first kappa shape index (κ1) is 13.9. The number of esters is 1. The number of nitrogens with one attached hydrogen (secondary N) is 1. The lowest BCUT2D eigenvalue weighted by molar-refractivity contribution is -0.0553. The monoisotopic (exact) mass is 263 g/mol. The van der Waals surface area contributed by atoms with Crippen LogP contribution in [0, 0.1) is 0 Å². The predicted molar refractivity (Wildman–Crippen MR) is 74.5 cm³/mol. The SMILES string of the molecule is COC(=O)c1ccc(NC2CCOC(C)(C)C2)cc1. The zero-order valence-corrected chi connectivity index (χ0v) is 11.7. The molecule has 1 saturated heterocycles. The number of hydrogen-bond acceptors (Lipinski definition) is 4. The molecule has 4 heteroatoms. The highest BCUT2D eigenvalue weighted by Crippen LogP contribution is 2.26. The second-order valence-electron chi connectivity index (χ2n) is 5.51. The molecule has 1 aromatic rings. The van der Waals surface area contributed by atoms with Crippen LogP contribution in [0.15, 0.2) is 24.3 Å². The lowest BCUT2D eigenvalue weighted by Crippen LogP contribution is -2.40. The van der Waals surface area contributed by atoms with Crippen molar-refractivity contribution in [2.75, 3.05) is 19.0 Å². The highest BCUT2D eigenvalue weighted by Gasteiger charge is 2.28. The molecule has 19 heavy (non-hydrogen) atoms. The Labute approximate surface area is 114 Å². The van der Waals surface area contributed by atoms with Crippen molar-refractivity contribution >= 4 is 11.7 Å². The fraction of sp³-hybridized carbons (Fsp3) is 0.533. The van der Waals surface area contributed by atoms with E-state index in [0.29, 0.717) is 11.6 Å². The lowest BCUT2D eigenvalue weighted by atomic mass is 9.94. The summed E-state index contributed by atoms with van der Waals surface area (Å²) in [7, 11) is 1.39. The third kappa shape index (κ3) is 3.70. The Balaban J connectivity index is 1.98. The summed E-state index contributed by atoms with van der Waals surface area (Å²) in [5, 5.41) is 3.49. The number of anilines is 1. The fourth-order valence-corrected chi connectivity index (χ4v) is 2.41. The van der Waals surface area contributed by atoms with Crippen molar-refractivity contribution < 1.29 is 14.3 Å². The maximum Gasteiger partial charge on any atom is 0.337 e. The van der Waals surface area contributed by atoms with Crippen molar-refractivity contribution in [2.45, 2.75) is 38.3 Å². The summed E-state index contributed by atoms with van der Waals surface area (Å²) in [5.74, 6) is -0.307. The molecule has 0 amide bonds. The van der Waals surface area contributed by atoms with Crippen LogP contribution in [0.5, 0.6) is 0 Å². The minimum Gasteiger partial charge on any atom is -0.465 e. The first-order valence-electron chi connectivity index (χ1n) is 6.59. The van der Waals surface area contributed by atoms with Gasteiger partial charge in [-0.1, -0.05) is 0 Å². The second kappa shape index (κ2) is 5.61. The van der Waals surface area contributed by atoms with Crippen LogP contribution in [0.1, 0.15) is 37.0 Å². The Morgan fingerprint density at radius 1 is 1.37 bits per heavy atom. The second-order valence-corrected chi connectivity index (χ2v) is 5.51. The summed E-state index contributed by atoms with van der Waals surface area (Å²) in [5.41, 5.74) is 1.53. The predicted octanol–water partition coefficient (Wildman–Crippen LogP) is 2.84. The molecule has 0 saturated carbocycles. The molecule has 0 radical (unpaired) electrons. The van der Waals surface area contributed by atoms with Gasteiger partial charge in [0.05, 0.1) is 18.3 Å². The molecule has 0 spiro atoms. The summed E-state index contributed by atoms with van der Waals surface area (Å²) < 4.78 is 10.4. The van der Waals surface area contributed by atoms with Crippen LogP contribution in [0.25, 0.3) is 0 Å². The van der Waals surface area contributed by atoms with E-state index in [1.807, 2.05) is 12.1 Å². The van der Waals surface area contributed by atoms with Gasteiger partial charge in [0.15, 0.2) is 0 Å².